The second kappa shape index (κ2) is 6.76. The van der Waals surface area contributed by atoms with Gasteiger partial charge in [0.25, 0.3) is 0 Å². The van der Waals surface area contributed by atoms with E-state index >= 15 is 0 Å². The highest BCUT2D eigenvalue weighted by atomic mass is 16.3. The van der Waals surface area contributed by atoms with Crippen LogP contribution in [0.4, 0.5) is 5.69 Å². The first-order valence-electron chi connectivity index (χ1n) is 7.29. The summed E-state index contributed by atoms with van der Waals surface area (Å²) >= 11 is 0. The third-order valence-corrected chi connectivity index (χ3v) is 3.46. The van der Waals surface area contributed by atoms with Crippen LogP contribution in [0.2, 0.25) is 0 Å². The molecule has 0 aliphatic rings. The van der Waals surface area contributed by atoms with Crippen molar-refractivity contribution in [2.45, 2.75) is 12.8 Å². The molecule has 3 nitrogen and oxygen atoms in total. The predicted molar refractivity (Wildman–Crippen MR) is 87.5 cm³/mol. The molecular weight excluding hydrogens is 274 g/mol. The Hall–Kier alpha value is -2.81. The Morgan fingerprint density at radius 2 is 1.68 bits per heavy atom. The first-order chi connectivity index (χ1) is 10.8. The van der Waals surface area contributed by atoms with Crippen LogP contribution >= 0.6 is 0 Å². The monoisotopic (exact) mass is 291 g/mol. The van der Waals surface area contributed by atoms with Gasteiger partial charge in [-0.2, -0.15) is 0 Å². The predicted octanol–water partition coefficient (Wildman–Crippen LogP) is 4.52. The average molecular weight is 291 g/mol. The summed E-state index contributed by atoms with van der Waals surface area (Å²) in [5, 5.41) is 2.99. The number of benzene rings is 2. The molecule has 0 atom stereocenters. The molecule has 110 valence electrons. The van der Waals surface area contributed by atoms with Crippen molar-refractivity contribution in [2.24, 2.45) is 0 Å². The van der Waals surface area contributed by atoms with E-state index in [9.17, 15) is 4.79 Å². The van der Waals surface area contributed by atoms with Crippen LogP contribution in [-0.4, -0.2) is 5.91 Å². The fraction of sp³-hybridized carbons (Fsp3) is 0.105. The zero-order valence-electron chi connectivity index (χ0n) is 12.2. The molecule has 0 unspecified atom stereocenters. The third-order valence-electron chi connectivity index (χ3n) is 3.46. The lowest BCUT2D eigenvalue weighted by molar-refractivity contribution is -0.116. The Balaban J connectivity index is 1.71. The molecule has 3 rings (SSSR count). The lowest BCUT2D eigenvalue weighted by atomic mass is 10.0. The SMILES string of the molecule is O=C(CCc1ccco1)Nc1ccccc1-c1ccccc1. The van der Waals surface area contributed by atoms with Crippen molar-refractivity contribution >= 4 is 11.6 Å². The van der Waals surface area contributed by atoms with Crippen molar-refractivity contribution < 1.29 is 9.21 Å². The van der Waals surface area contributed by atoms with E-state index in [0.29, 0.717) is 12.8 Å². The van der Waals surface area contributed by atoms with Gasteiger partial charge in [0.15, 0.2) is 0 Å². The van der Waals surface area contributed by atoms with Gasteiger partial charge in [-0.15, -0.1) is 0 Å². The minimum Gasteiger partial charge on any atom is -0.469 e. The molecule has 3 heteroatoms. The standard InChI is InChI=1S/C19H17NO2/c21-19(13-12-16-9-6-14-22-16)20-18-11-5-4-10-17(18)15-7-2-1-3-8-15/h1-11,14H,12-13H2,(H,20,21). The lowest BCUT2D eigenvalue weighted by Crippen LogP contribution is -2.12. The Labute approximate surface area is 129 Å². The number of hydrogen-bond donors (Lipinski definition) is 1. The quantitative estimate of drug-likeness (QED) is 0.751. The molecule has 3 aromatic rings. The van der Waals surface area contributed by atoms with Crippen LogP contribution in [0.15, 0.2) is 77.4 Å². The van der Waals surface area contributed by atoms with Gasteiger partial charge in [-0.3, -0.25) is 4.79 Å². The molecule has 2 aromatic carbocycles. The first-order valence-corrected chi connectivity index (χ1v) is 7.29. The molecule has 1 heterocycles. The minimum atomic E-state index is -0.0141. The Morgan fingerprint density at radius 1 is 0.909 bits per heavy atom. The van der Waals surface area contributed by atoms with Crippen LogP contribution < -0.4 is 5.32 Å². The topological polar surface area (TPSA) is 42.2 Å². The van der Waals surface area contributed by atoms with E-state index in [1.54, 1.807) is 6.26 Å². The van der Waals surface area contributed by atoms with Crippen molar-refractivity contribution in [3.05, 3.63) is 78.8 Å². The van der Waals surface area contributed by atoms with E-state index in [4.69, 9.17) is 4.42 Å². The zero-order chi connectivity index (χ0) is 15.2. The molecular formula is C19H17NO2. The fourth-order valence-corrected chi connectivity index (χ4v) is 2.37. The third kappa shape index (κ3) is 3.44. The number of carbonyl (C=O) groups is 1. The maximum atomic E-state index is 12.1. The molecule has 0 bridgehead atoms. The molecule has 1 aromatic heterocycles. The summed E-state index contributed by atoms with van der Waals surface area (Å²) in [6, 6.07) is 21.6. The normalized spacial score (nSPS) is 10.4. The molecule has 1 N–H and O–H groups in total. The second-order valence-electron chi connectivity index (χ2n) is 5.04. The fourth-order valence-electron chi connectivity index (χ4n) is 2.37. The molecule has 0 saturated carbocycles. The summed E-state index contributed by atoms with van der Waals surface area (Å²) < 4.78 is 5.25. The number of rotatable bonds is 5. The maximum absolute atomic E-state index is 12.1. The summed E-state index contributed by atoms with van der Waals surface area (Å²) in [6.45, 7) is 0. The van der Waals surface area contributed by atoms with Crippen molar-refractivity contribution in [1.29, 1.82) is 0 Å². The largest absolute Gasteiger partial charge is 0.469 e. The smallest absolute Gasteiger partial charge is 0.224 e. The number of hydrogen-bond acceptors (Lipinski definition) is 2. The van der Waals surface area contributed by atoms with Gasteiger partial charge in [0.05, 0.1) is 6.26 Å². The highest BCUT2D eigenvalue weighted by Gasteiger charge is 2.08. The van der Waals surface area contributed by atoms with Crippen LogP contribution in [0.1, 0.15) is 12.2 Å². The summed E-state index contributed by atoms with van der Waals surface area (Å²) in [5.74, 6) is 0.811. The van der Waals surface area contributed by atoms with E-state index in [2.05, 4.69) is 5.32 Å². The summed E-state index contributed by atoms with van der Waals surface area (Å²) in [5.41, 5.74) is 2.94. The van der Waals surface area contributed by atoms with Crippen molar-refractivity contribution in [3.8, 4) is 11.1 Å². The molecule has 0 fully saturated rings. The van der Waals surface area contributed by atoms with Gasteiger partial charge in [-0.25, -0.2) is 0 Å². The zero-order valence-corrected chi connectivity index (χ0v) is 12.2. The second-order valence-corrected chi connectivity index (χ2v) is 5.04. The minimum absolute atomic E-state index is 0.0141. The van der Waals surface area contributed by atoms with Crippen LogP contribution in [0.25, 0.3) is 11.1 Å². The Bertz CT molecular complexity index is 733. The van der Waals surface area contributed by atoms with Gasteiger partial charge in [0, 0.05) is 24.1 Å². The van der Waals surface area contributed by atoms with Gasteiger partial charge >= 0.3 is 0 Å². The van der Waals surface area contributed by atoms with E-state index in [-0.39, 0.29) is 5.91 Å². The van der Waals surface area contributed by atoms with Crippen LogP contribution in [0.5, 0.6) is 0 Å². The van der Waals surface area contributed by atoms with Gasteiger partial charge in [0.1, 0.15) is 5.76 Å². The molecule has 0 spiro atoms. The number of furan rings is 1. The number of carbonyl (C=O) groups excluding carboxylic acids is 1. The maximum Gasteiger partial charge on any atom is 0.224 e. The van der Waals surface area contributed by atoms with Gasteiger partial charge in [-0.05, 0) is 23.8 Å². The Kier molecular flexibility index (Phi) is 4.35. The molecule has 0 radical (unpaired) electrons. The van der Waals surface area contributed by atoms with E-state index in [1.165, 1.54) is 0 Å². The van der Waals surface area contributed by atoms with Crippen molar-refractivity contribution in [3.63, 3.8) is 0 Å². The van der Waals surface area contributed by atoms with Crippen molar-refractivity contribution in [1.82, 2.24) is 0 Å². The number of aryl methyl sites for hydroxylation is 1. The Morgan fingerprint density at radius 3 is 2.45 bits per heavy atom. The summed E-state index contributed by atoms with van der Waals surface area (Å²) in [4.78, 5) is 12.1. The number of nitrogens with one attached hydrogen (secondary N) is 1. The van der Waals surface area contributed by atoms with E-state index in [1.807, 2.05) is 66.7 Å². The highest BCUT2D eigenvalue weighted by Crippen LogP contribution is 2.27. The molecule has 0 saturated heterocycles. The summed E-state index contributed by atoms with van der Waals surface area (Å²) in [6.07, 6.45) is 2.63. The van der Waals surface area contributed by atoms with Crippen LogP contribution in [0, 0.1) is 0 Å². The van der Waals surface area contributed by atoms with E-state index in [0.717, 1.165) is 22.6 Å². The molecule has 22 heavy (non-hydrogen) atoms. The van der Waals surface area contributed by atoms with E-state index < -0.39 is 0 Å². The number of amides is 1. The molecule has 1 amide bonds. The van der Waals surface area contributed by atoms with Gasteiger partial charge in [-0.1, -0.05) is 48.5 Å². The number of para-hydroxylation sites is 1. The average Bonchev–Trinajstić information content (AvgIpc) is 3.08. The van der Waals surface area contributed by atoms with Crippen molar-refractivity contribution in [2.75, 3.05) is 5.32 Å². The van der Waals surface area contributed by atoms with Gasteiger partial charge < -0.3 is 9.73 Å². The molecule has 0 aliphatic heterocycles. The van der Waals surface area contributed by atoms with Gasteiger partial charge in [0.2, 0.25) is 5.91 Å². The molecule has 0 aliphatic carbocycles. The number of anilines is 1. The van der Waals surface area contributed by atoms with Crippen LogP contribution in [-0.2, 0) is 11.2 Å². The first kappa shape index (κ1) is 14.1. The highest BCUT2D eigenvalue weighted by molar-refractivity contribution is 5.95. The summed E-state index contributed by atoms with van der Waals surface area (Å²) in [7, 11) is 0. The van der Waals surface area contributed by atoms with Crippen LogP contribution in [0.3, 0.4) is 0 Å². The lowest BCUT2D eigenvalue weighted by Gasteiger charge is -2.11.